The van der Waals surface area contributed by atoms with Crippen molar-refractivity contribution in [2.24, 2.45) is 0 Å². The molecule has 39 heavy (non-hydrogen) atoms. The summed E-state index contributed by atoms with van der Waals surface area (Å²) in [6.45, 7) is 11.8. The predicted octanol–water partition coefficient (Wildman–Crippen LogP) is 5.01. The normalized spacial score (nSPS) is 14.7. The number of thiazole rings is 1. The summed E-state index contributed by atoms with van der Waals surface area (Å²) in [5, 5.41) is 3.45. The van der Waals surface area contributed by atoms with Gasteiger partial charge in [0.15, 0.2) is 5.69 Å². The number of benzene rings is 2. The molecule has 2 heterocycles. The highest BCUT2D eigenvalue weighted by Gasteiger charge is 2.43. The van der Waals surface area contributed by atoms with Crippen LogP contribution in [-0.4, -0.2) is 46.2 Å². The van der Waals surface area contributed by atoms with Crippen molar-refractivity contribution in [3.05, 3.63) is 86.4 Å². The van der Waals surface area contributed by atoms with Gasteiger partial charge in [0.1, 0.15) is 11.0 Å². The molecule has 0 saturated carbocycles. The maximum absolute atomic E-state index is 13.7. The molecule has 0 radical (unpaired) electrons. The minimum atomic E-state index is -1.08. The zero-order chi connectivity index (χ0) is 28.5. The summed E-state index contributed by atoms with van der Waals surface area (Å²) in [6.07, 6.45) is 0.152. The van der Waals surface area contributed by atoms with E-state index in [4.69, 9.17) is 4.74 Å². The Kier molecular flexibility index (Phi) is 8.02. The number of hydrogen-bond acceptors (Lipinski definition) is 7. The van der Waals surface area contributed by atoms with Gasteiger partial charge in [0.25, 0.3) is 11.8 Å². The van der Waals surface area contributed by atoms with Gasteiger partial charge in [-0.2, -0.15) is 0 Å². The van der Waals surface area contributed by atoms with E-state index < -0.39 is 35.8 Å². The van der Waals surface area contributed by atoms with Gasteiger partial charge in [0.05, 0.1) is 23.8 Å². The smallest absolute Gasteiger partial charge is 0.358 e. The van der Waals surface area contributed by atoms with Crippen LogP contribution < -0.4 is 5.32 Å². The molecule has 0 bridgehead atoms. The number of aryl methyl sites for hydroxylation is 1. The Labute approximate surface area is 232 Å². The van der Waals surface area contributed by atoms with Crippen LogP contribution >= 0.6 is 11.3 Å². The number of amides is 3. The van der Waals surface area contributed by atoms with Crippen LogP contribution in [0.5, 0.6) is 0 Å². The molecule has 9 heteroatoms. The van der Waals surface area contributed by atoms with Gasteiger partial charge in [-0.3, -0.25) is 19.3 Å². The summed E-state index contributed by atoms with van der Waals surface area (Å²) in [5.41, 5.74) is 2.70. The molecule has 0 aliphatic carbocycles. The number of aromatic nitrogens is 1. The Balaban J connectivity index is 1.62. The number of imide groups is 1. The molecular weight excluding hydrogens is 514 g/mol. The number of carbonyl (C=O) groups is 4. The van der Waals surface area contributed by atoms with Crippen LogP contribution in [0.25, 0.3) is 0 Å². The van der Waals surface area contributed by atoms with Crippen molar-refractivity contribution in [2.45, 2.75) is 65.5 Å². The summed E-state index contributed by atoms with van der Waals surface area (Å²) in [5.74, 6) is -1.99. The minimum Gasteiger partial charge on any atom is -0.461 e. The van der Waals surface area contributed by atoms with Crippen molar-refractivity contribution < 1.29 is 23.9 Å². The third-order valence-corrected chi connectivity index (χ3v) is 7.85. The molecule has 1 aliphatic rings. The van der Waals surface area contributed by atoms with Crippen LogP contribution in [0.1, 0.15) is 92.9 Å². The van der Waals surface area contributed by atoms with E-state index in [2.05, 4.69) is 31.1 Å². The minimum absolute atomic E-state index is 0.0402. The molecule has 204 valence electrons. The Morgan fingerprint density at radius 3 is 2.15 bits per heavy atom. The van der Waals surface area contributed by atoms with Crippen molar-refractivity contribution in [3.63, 3.8) is 0 Å². The summed E-state index contributed by atoms with van der Waals surface area (Å²) < 4.78 is 5.07. The van der Waals surface area contributed by atoms with Crippen LogP contribution in [-0.2, 0) is 21.4 Å². The Morgan fingerprint density at radius 1 is 1.03 bits per heavy atom. The van der Waals surface area contributed by atoms with Crippen molar-refractivity contribution >= 4 is 35.0 Å². The second-order valence-electron chi connectivity index (χ2n) is 10.6. The molecule has 4 rings (SSSR count). The highest BCUT2D eigenvalue weighted by molar-refractivity contribution is 7.12. The molecule has 8 nitrogen and oxygen atoms in total. The maximum Gasteiger partial charge on any atom is 0.358 e. The van der Waals surface area contributed by atoms with Gasteiger partial charge in [-0.15, -0.1) is 11.3 Å². The van der Waals surface area contributed by atoms with Gasteiger partial charge in [-0.25, -0.2) is 9.78 Å². The number of hydrogen-bond donors (Lipinski definition) is 1. The first-order valence-corrected chi connectivity index (χ1v) is 13.7. The second-order valence-corrected chi connectivity index (χ2v) is 11.8. The summed E-state index contributed by atoms with van der Waals surface area (Å²) in [7, 11) is 0. The van der Waals surface area contributed by atoms with E-state index in [9.17, 15) is 19.2 Å². The molecule has 2 aromatic carbocycles. The van der Waals surface area contributed by atoms with Crippen molar-refractivity contribution in [2.75, 3.05) is 6.61 Å². The van der Waals surface area contributed by atoms with Gasteiger partial charge in [-0.05, 0) is 49.4 Å². The average molecular weight is 548 g/mol. The van der Waals surface area contributed by atoms with Crippen LogP contribution in [0, 0.1) is 6.92 Å². The maximum atomic E-state index is 13.7. The number of ether oxygens (including phenoxy) is 1. The van der Waals surface area contributed by atoms with E-state index in [0.717, 1.165) is 16.0 Å². The standard InChI is InChI=1S/C30H33N3O5S/c1-7-38-29(37)24-18(3)39-26(32-24)17(2)31-25(34)23(16-19-12-14-20(15-13-19)30(4,5)6)33-27(35)21-10-8-9-11-22(21)28(33)36/h8-15,17,23H,7,16H2,1-6H3,(H,31,34)/t17-,23-/m0/s1. The third kappa shape index (κ3) is 5.78. The molecular formula is C30H33N3O5S. The molecule has 0 unspecified atom stereocenters. The van der Waals surface area contributed by atoms with Crippen molar-refractivity contribution in [3.8, 4) is 0 Å². The van der Waals surface area contributed by atoms with E-state index in [1.165, 1.54) is 11.3 Å². The number of rotatable bonds is 8. The lowest BCUT2D eigenvalue weighted by Crippen LogP contribution is -2.51. The van der Waals surface area contributed by atoms with Crippen molar-refractivity contribution in [1.29, 1.82) is 0 Å². The van der Waals surface area contributed by atoms with E-state index in [-0.39, 0.29) is 35.3 Å². The average Bonchev–Trinajstić information content (AvgIpc) is 3.40. The third-order valence-electron chi connectivity index (χ3n) is 6.70. The molecule has 1 aliphatic heterocycles. The predicted molar refractivity (Wildman–Crippen MR) is 149 cm³/mol. The van der Waals surface area contributed by atoms with Gasteiger partial charge in [0, 0.05) is 11.3 Å². The number of fused-ring (bicyclic) bond motifs is 1. The fourth-order valence-corrected chi connectivity index (χ4v) is 5.43. The van der Waals surface area contributed by atoms with Crippen LogP contribution in [0.15, 0.2) is 48.5 Å². The van der Waals surface area contributed by atoms with E-state index in [0.29, 0.717) is 9.88 Å². The lowest BCUT2D eigenvalue weighted by Gasteiger charge is -2.27. The Morgan fingerprint density at radius 2 is 1.62 bits per heavy atom. The SMILES string of the molecule is CCOC(=O)c1nc([C@H](C)NC(=O)[C@H](Cc2ccc(C(C)(C)C)cc2)N2C(=O)c3ccccc3C2=O)sc1C. The monoisotopic (exact) mass is 547 g/mol. The summed E-state index contributed by atoms with van der Waals surface area (Å²) in [6, 6.07) is 12.8. The molecule has 1 aromatic heterocycles. The number of carbonyl (C=O) groups excluding carboxylic acids is 4. The highest BCUT2D eigenvalue weighted by atomic mass is 32.1. The molecule has 0 spiro atoms. The van der Waals surface area contributed by atoms with Crippen LogP contribution in [0.3, 0.4) is 0 Å². The molecule has 3 amide bonds. The lowest BCUT2D eigenvalue weighted by molar-refractivity contribution is -0.125. The first-order valence-electron chi connectivity index (χ1n) is 12.9. The first-order chi connectivity index (χ1) is 18.4. The lowest BCUT2D eigenvalue weighted by atomic mass is 9.86. The topological polar surface area (TPSA) is 106 Å². The van der Waals surface area contributed by atoms with Crippen LogP contribution in [0.2, 0.25) is 0 Å². The van der Waals surface area contributed by atoms with Crippen LogP contribution in [0.4, 0.5) is 0 Å². The second kappa shape index (κ2) is 11.1. The molecule has 0 saturated heterocycles. The van der Waals surface area contributed by atoms with E-state index in [1.54, 1.807) is 45.0 Å². The van der Waals surface area contributed by atoms with Gasteiger partial charge in [-0.1, -0.05) is 57.2 Å². The molecule has 0 fully saturated rings. The van der Waals surface area contributed by atoms with Gasteiger partial charge < -0.3 is 10.1 Å². The highest BCUT2D eigenvalue weighted by Crippen LogP contribution is 2.29. The Bertz CT molecular complexity index is 1390. The number of nitrogens with zero attached hydrogens (tertiary/aromatic N) is 2. The molecule has 1 N–H and O–H groups in total. The van der Waals surface area contributed by atoms with E-state index in [1.807, 2.05) is 24.3 Å². The fraction of sp³-hybridized carbons (Fsp3) is 0.367. The zero-order valence-electron chi connectivity index (χ0n) is 23.0. The molecule has 3 aromatic rings. The summed E-state index contributed by atoms with van der Waals surface area (Å²) >= 11 is 1.29. The first kappa shape index (κ1) is 28.2. The number of nitrogens with one attached hydrogen (secondary N) is 1. The summed E-state index contributed by atoms with van der Waals surface area (Å²) in [4.78, 5) is 58.8. The van der Waals surface area contributed by atoms with Gasteiger partial charge in [0.2, 0.25) is 5.91 Å². The Hall–Kier alpha value is -3.85. The quantitative estimate of drug-likeness (QED) is 0.314. The molecule has 2 atom stereocenters. The van der Waals surface area contributed by atoms with Gasteiger partial charge >= 0.3 is 5.97 Å². The van der Waals surface area contributed by atoms with E-state index >= 15 is 0 Å². The zero-order valence-corrected chi connectivity index (χ0v) is 23.8. The number of esters is 1. The van der Waals surface area contributed by atoms with Crippen molar-refractivity contribution in [1.82, 2.24) is 15.2 Å². The fourth-order valence-electron chi connectivity index (χ4n) is 4.52. The largest absolute Gasteiger partial charge is 0.461 e.